The smallest absolute Gasteiger partial charge is 0.132 e. The maximum absolute atomic E-state index is 6.30. The quantitative estimate of drug-likeness (QED) is 0.769. The van der Waals surface area contributed by atoms with E-state index in [0.29, 0.717) is 19.1 Å². The number of rotatable bonds is 6. The molecule has 2 unspecified atom stereocenters. The summed E-state index contributed by atoms with van der Waals surface area (Å²) in [5, 5.41) is 3.38. The van der Waals surface area contributed by atoms with E-state index in [9.17, 15) is 0 Å². The van der Waals surface area contributed by atoms with Crippen molar-refractivity contribution in [2.24, 2.45) is 10.7 Å². The fourth-order valence-electron chi connectivity index (χ4n) is 3.85. The summed E-state index contributed by atoms with van der Waals surface area (Å²) in [7, 11) is 5.45. The summed E-state index contributed by atoms with van der Waals surface area (Å²) in [4.78, 5) is 6.53. The lowest BCUT2D eigenvalue weighted by Gasteiger charge is -2.35. The van der Waals surface area contributed by atoms with Crippen molar-refractivity contribution in [3.63, 3.8) is 0 Å². The summed E-state index contributed by atoms with van der Waals surface area (Å²) in [5.74, 6) is 1.52. The Hall–Kier alpha value is -2.51. The van der Waals surface area contributed by atoms with Crippen LogP contribution in [0.2, 0.25) is 0 Å². The number of hydrogen-bond donors (Lipinski definition) is 2. The second-order valence-corrected chi connectivity index (χ2v) is 8.47. The van der Waals surface area contributed by atoms with Crippen molar-refractivity contribution in [3.8, 4) is 0 Å². The highest BCUT2D eigenvalue weighted by atomic mass is 16.5. The minimum atomic E-state index is -0.108. The maximum Gasteiger partial charge on any atom is 0.132 e. The molecule has 3 rings (SSSR count). The number of aromatic nitrogens is 1. The Balaban J connectivity index is 1.96. The summed E-state index contributed by atoms with van der Waals surface area (Å²) in [5.41, 5.74) is 10.0. The Morgan fingerprint density at radius 1 is 1.41 bits per heavy atom. The molecule has 158 valence electrons. The van der Waals surface area contributed by atoms with E-state index in [1.807, 2.05) is 7.05 Å². The van der Waals surface area contributed by atoms with Crippen LogP contribution in [0.1, 0.15) is 31.9 Å². The first-order valence-electron chi connectivity index (χ1n) is 9.81. The highest BCUT2D eigenvalue weighted by molar-refractivity contribution is 6.07. The summed E-state index contributed by atoms with van der Waals surface area (Å²) in [6.45, 7) is 11.9. The number of nitrogens with one attached hydrogen (secondary N) is 1. The van der Waals surface area contributed by atoms with Gasteiger partial charge in [0, 0.05) is 44.3 Å². The minimum Gasteiger partial charge on any atom is -0.383 e. The summed E-state index contributed by atoms with van der Waals surface area (Å²) in [6, 6.07) is 0.0106. The van der Waals surface area contributed by atoms with E-state index < -0.39 is 0 Å². The van der Waals surface area contributed by atoms with Crippen LogP contribution >= 0.6 is 0 Å². The van der Waals surface area contributed by atoms with E-state index >= 15 is 0 Å². The summed E-state index contributed by atoms with van der Waals surface area (Å²) < 4.78 is 13.2. The molecule has 2 heterocycles. The third kappa shape index (κ3) is 3.97. The summed E-state index contributed by atoms with van der Waals surface area (Å²) in [6.07, 6.45) is 8.34. The van der Waals surface area contributed by atoms with E-state index in [4.69, 9.17) is 15.2 Å². The molecule has 0 saturated heterocycles. The van der Waals surface area contributed by atoms with Crippen LogP contribution in [0.5, 0.6) is 0 Å². The lowest BCUT2D eigenvalue weighted by atomic mass is 9.97. The van der Waals surface area contributed by atoms with E-state index in [-0.39, 0.29) is 17.7 Å². The molecule has 0 radical (unpaired) electrons. The van der Waals surface area contributed by atoms with Gasteiger partial charge in [0.15, 0.2) is 0 Å². The van der Waals surface area contributed by atoms with Crippen LogP contribution in [0.25, 0.3) is 5.70 Å². The van der Waals surface area contributed by atoms with Crippen molar-refractivity contribution in [1.82, 2.24) is 9.47 Å². The molecule has 7 nitrogen and oxygen atoms in total. The number of anilines is 1. The zero-order valence-electron chi connectivity index (χ0n) is 18.3. The molecule has 0 aromatic carbocycles. The van der Waals surface area contributed by atoms with Crippen LogP contribution in [0.4, 0.5) is 5.82 Å². The predicted octanol–water partition coefficient (Wildman–Crippen LogP) is 2.76. The number of nitrogens with zero attached hydrogens (tertiary/aromatic N) is 3. The van der Waals surface area contributed by atoms with Crippen molar-refractivity contribution in [1.29, 1.82) is 0 Å². The molecule has 1 aromatic heterocycles. The Kier molecular flexibility index (Phi) is 5.91. The van der Waals surface area contributed by atoms with Gasteiger partial charge in [-0.15, -0.1) is 0 Å². The standard InChI is InChI=1S/C22H33N5O2/c1-14(26(5)17-9-8-15(12-28-6)10-18(17)29-7)16-11-27(22(2,3)4)21-19(16)20(23)24-13-25-21/h8-11,17-18,25H,1,12-13H2,2-7H3,(H2,23,24). The number of likely N-dealkylation sites (N-methyl/N-ethyl adjacent to an activating group) is 1. The lowest BCUT2D eigenvalue weighted by molar-refractivity contribution is 0.0917. The van der Waals surface area contributed by atoms with Crippen LogP contribution in [-0.4, -0.2) is 62.0 Å². The second-order valence-electron chi connectivity index (χ2n) is 8.47. The molecular formula is C22H33N5O2. The first-order valence-corrected chi connectivity index (χ1v) is 9.81. The molecule has 0 bridgehead atoms. The fourth-order valence-corrected chi connectivity index (χ4v) is 3.85. The minimum absolute atomic E-state index is 0.0106. The monoisotopic (exact) mass is 399 g/mol. The first kappa shape index (κ1) is 21.2. The number of amidine groups is 1. The van der Waals surface area contributed by atoms with E-state index in [0.717, 1.165) is 28.2 Å². The number of fused-ring (bicyclic) bond motifs is 1. The second kappa shape index (κ2) is 8.08. The molecule has 3 N–H and O–H groups in total. The molecule has 1 aliphatic carbocycles. The van der Waals surface area contributed by atoms with Gasteiger partial charge >= 0.3 is 0 Å². The number of hydrogen-bond acceptors (Lipinski definition) is 6. The first-order chi connectivity index (χ1) is 13.7. The van der Waals surface area contributed by atoms with E-state index in [1.54, 1.807) is 14.2 Å². The van der Waals surface area contributed by atoms with E-state index in [1.165, 1.54) is 0 Å². The zero-order chi connectivity index (χ0) is 21.3. The van der Waals surface area contributed by atoms with Crippen LogP contribution in [0.15, 0.2) is 41.6 Å². The number of ether oxygens (including phenoxy) is 2. The molecule has 0 amide bonds. The van der Waals surface area contributed by atoms with Gasteiger partial charge in [-0.3, -0.25) is 0 Å². The Morgan fingerprint density at radius 3 is 2.76 bits per heavy atom. The number of aliphatic imine (C=N–C) groups is 1. The van der Waals surface area contributed by atoms with Gasteiger partial charge in [-0.2, -0.15) is 0 Å². The summed E-state index contributed by atoms with van der Waals surface area (Å²) >= 11 is 0. The van der Waals surface area contributed by atoms with Gasteiger partial charge in [-0.25, -0.2) is 4.99 Å². The van der Waals surface area contributed by atoms with Crippen LogP contribution in [-0.2, 0) is 15.0 Å². The van der Waals surface area contributed by atoms with Crippen LogP contribution in [0.3, 0.4) is 0 Å². The Bertz CT molecular complexity index is 872. The molecule has 0 saturated carbocycles. The van der Waals surface area contributed by atoms with Crippen molar-refractivity contribution in [2.45, 2.75) is 38.5 Å². The Morgan fingerprint density at radius 2 is 2.14 bits per heavy atom. The molecule has 0 fully saturated rings. The number of methoxy groups -OCH3 is 2. The van der Waals surface area contributed by atoms with Gasteiger partial charge in [0.25, 0.3) is 0 Å². The van der Waals surface area contributed by atoms with Crippen molar-refractivity contribution >= 4 is 17.4 Å². The average Bonchev–Trinajstić information content (AvgIpc) is 3.08. The topological polar surface area (TPSA) is 77.0 Å². The molecule has 29 heavy (non-hydrogen) atoms. The Labute approximate surface area is 173 Å². The molecule has 7 heteroatoms. The molecule has 0 spiro atoms. The van der Waals surface area contributed by atoms with Crippen molar-refractivity contribution in [2.75, 3.05) is 39.9 Å². The van der Waals surface area contributed by atoms with E-state index in [2.05, 4.69) is 71.6 Å². The average molecular weight is 400 g/mol. The number of nitrogens with two attached hydrogens (primary N) is 1. The van der Waals surface area contributed by atoms with Gasteiger partial charge in [0.05, 0.1) is 24.3 Å². The van der Waals surface area contributed by atoms with Gasteiger partial charge in [0.1, 0.15) is 18.3 Å². The normalized spacial score (nSPS) is 21.2. The van der Waals surface area contributed by atoms with Gasteiger partial charge in [0.2, 0.25) is 0 Å². The molecule has 1 aliphatic heterocycles. The highest BCUT2D eigenvalue weighted by Gasteiger charge is 2.31. The molecular weight excluding hydrogens is 366 g/mol. The lowest BCUT2D eigenvalue weighted by Crippen LogP contribution is -2.40. The van der Waals surface area contributed by atoms with Gasteiger partial charge in [-0.1, -0.05) is 18.7 Å². The molecule has 1 aromatic rings. The SMILES string of the molecule is C=C(c1cn(C(C)(C)C)c2c1C(N)=NCN2)N(C)C1C=CC(COC)=CC1OC. The molecule has 2 atom stereocenters. The fraction of sp³-hybridized carbons (Fsp3) is 0.500. The van der Waals surface area contributed by atoms with Crippen LogP contribution < -0.4 is 11.1 Å². The molecule has 2 aliphatic rings. The van der Waals surface area contributed by atoms with Crippen molar-refractivity contribution in [3.05, 3.63) is 47.7 Å². The third-order valence-electron chi connectivity index (χ3n) is 5.47. The van der Waals surface area contributed by atoms with Crippen molar-refractivity contribution < 1.29 is 9.47 Å². The van der Waals surface area contributed by atoms with Gasteiger partial charge < -0.3 is 30.0 Å². The maximum atomic E-state index is 6.30. The largest absolute Gasteiger partial charge is 0.383 e. The zero-order valence-corrected chi connectivity index (χ0v) is 18.3. The predicted molar refractivity (Wildman–Crippen MR) is 119 cm³/mol. The third-order valence-corrected chi connectivity index (χ3v) is 5.47. The van der Waals surface area contributed by atoms with Gasteiger partial charge in [-0.05, 0) is 32.4 Å². The highest BCUT2D eigenvalue weighted by Crippen LogP contribution is 2.36. The van der Waals surface area contributed by atoms with Crippen LogP contribution in [0, 0.1) is 0 Å².